The summed E-state index contributed by atoms with van der Waals surface area (Å²) in [6, 6.07) is 16.8. The zero-order valence-corrected chi connectivity index (χ0v) is 22.1. The molecule has 2 aliphatic heterocycles. The molecule has 40 heavy (non-hydrogen) atoms. The van der Waals surface area contributed by atoms with Crippen LogP contribution in [0.5, 0.6) is 0 Å². The number of carbonyl (C=O) groups excluding carboxylic acids is 2. The van der Waals surface area contributed by atoms with Crippen molar-refractivity contribution < 1.29 is 18.4 Å². The summed E-state index contributed by atoms with van der Waals surface area (Å²) >= 11 is 6.37. The Morgan fingerprint density at radius 2 is 1.60 bits per heavy atom. The lowest BCUT2D eigenvalue weighted by molar-refractivity contribution is -0.133. The van der Waals surface area contributed by atoms with Crippen molar-refractivity contribution in [2.45, 2.75) is 32.0 Å². The molecule has 2 aliphatic rings. The van der Waals surface area contributed by atoms with Crippen LogP contribution >= 0.6 is 11.6 Å². The van der Waals surface area contributed by atoms with Crippen molar-refractivity contribution in [3.63, 3.8) is 0 Å². The van der Waals surface area contributed by atoms with Crippen LogP contribution in [0.4, 0.5) is 19.3 Å². The first-order chi connectivity index (χ1) is 19.4. The normalized spacial score (nSPS) is 15.6. The van der Waals surface area contributed by atoms with E-state index in [1.165, 1.54) is 28.9 Å². The van der Waals surface area contributed by atoms with Gasteiger partial charge in [0, 0.05) is 46.5 Å². The molecule has 1 N–H and O–H groups in total. The molecule has 3 amide bonds. The number of anilines is 1. The van der Waals surface area contributed by atoms with Gasteiger partial charge in [-0.05, 0) is 73.5 Å². The van der Waals surface area contributed by atoms with Gasteiger partial charge in [-0.1, -0.05) is 17.7 Å². The van der Waals surface area contributed by atoms with Gasteiger partial charge in [-0.15, -0.1) is 5.10 Å². The lowest BCUT2D eigenvalue weighted by Crippen LogP contribution is -2.51. The second-order valence-electron chi connectivity index (χ2n) is 9.87. The molecule has 3 heterocycles. The molecule has 11 heteroatoms. The Hall–Kier alpha value is -4.31. The predicted octanol–water partition coefficient (Wildman–Crippen LogP) is 5.58. The molecule has 0 radical (unpaired) electrons. The van der Waals surface area contributed by atoms with E-state index in [9.17, 15) is 18.4 Å². The smallest absolute Gasteiger partial charge is 0.322 e. The molecule has 1 aromatic heterocycles. The van der Waals surface area contributed by atoms with Crippen molar-refractivity contribution in [2.75, 3.05) is 18.4 Å². The lowest BCUT2D eigenvalue weighted by atomic mass is 10.0. The highest BCUT2D eigenvalue weighted by Gasteiger charge is 2.33. The third kappa shape index (κ3) is 5.14. The maximum Gasteiger partial charge on any atom is 0.322 e. The minimum absolute atomic E-state index is 0.0281. The van der Waals surface area contributed by atoms with Crippen LogP contribution in [0.2, 0.25) is 5.02 Å². The van der Waals surface area contributed by atoms with Gasteiger partial charge in [0.15, 0.2) is 11.6 Å². The molecule has 204 valence electrons. The predicted molar refractivity (Wildman–Crippen MR) is 146 cm³/mol. The van der Waals surface area contributed by atoms with Gasteiger partial charge in [-0.25, -0.2) is 23.2 Å². The number of likely N-dealkylation sites (tertiary alicyclic amines) is 1. The van der Waals surface area contributed by atoms with E-state index in [0.29, 0.717) is 60.3 Å². The first-order valence-corrected chi connectivity index (χ1v) is 13.3. The molecule has 1 fully saturated rings. The van der Waals surface area contributed by atoms with Gasteiger partial charge in [0.1, 0.15) is 18.2 Å². The van der Waals surface area contributed by atoms with Gasteiger partial charge >= 0.3 is 6.03 Å². The summed E-state index contributed by atoms with van der Waals surface area (Å²) in [4.78, 5) is 34.3. The number of hydrogen-bond acceptors (Lipinski definition) is 4. The van der Waals surface area contributed by atoms with Crippen molar-refractivity contribution in [3.8, 4) is 22.8 Å². The first-order valence-electron chi connectivity index (χ1n) is 13.0. The van der Waals surface area contributed by atoms with E-state index in [-0.39, 0.29) is 36.2 Å². The van der Waals surface area contributed by atoms with Crippen molar-refractivity contribution in [2.24, 2.45) is 0 Å². The monoisotopic (exact) mass is 562 g/mol. The van der Waals surface area contributed by atoms with E-state index in [4.69, 9.17) is 11.6 Å². The van der Waals surface area contributed by atoms with Gasteiger partial charge in [0.05, 0.1) is 6.54 Å². The maximum absolute atomic E-state index is 13.6. The Morgan fingerprint density at radius 1 is 0.950 bits per heavy atom. The molecular weight excluding hydrogens is 538 g/mol. The van der Waals surface area contributed by atoms with Crippen LogP contribution in [0.25, 0.3) is 22.8 Å². The molecule has 4 aromatic rings. The fraction of sp³-hybridized carbons (Fsp3) is 0.241. The molecule has 1 saturated heterocycles. The third-order valence-corrected chi connectivity index (χ3v) is 7.72. The summed E-state index contributed by atoms with van der Waals surface area (Å²) in [7, 11) is 0. The lowest BCUT2D eigenvalue weighted by Gasteiger charge is -2.40. The number of urea groups is 1. The van der Waals surface area contributed by atoms with Gasteiger partial charge in [-0.2, -0.15) is 0 Å². The van der Waals surface area contributed by atoms with E-state index in [0.717, 1.165) is 11.3 Å². The maximum atomic E-state index is 13.6. The highest BCUT2D eigenvalue weighted by molar-refractivity contribution is 6.32. The highest BCUT2D eigenvalue weighted by atomic mass is 35.5. The number of aromatic nitrogens is 3. The Kier molecular flexibility index (Phi) is 6.93. The van der Waals surface area contributed by atoms with Crippen molar-refractivity contribution in [1.82, 2.24) is 24.6 Å². The number of fused-ring (bicyclic) bond motifs is 1. The number of nitrogens with zero attached hydrogens (tertiary/aromatic N) is 5. The summed E-state index contributed by atoms with van der Waals surface area (Å²) in [5.74, 6) is -0.173. The molecule has 0 saturated carbocycles. The summed E-state index contributed by atoms with van der Waals surface area (Å²) in [6.45, 7) is 1.31. The summed E-state index contributed by atoms with van der Waals surface area (Å²) in [5.41, 5.74) is 2.81. The second-order valence-corrected chi connectivity index (χ2v) is 10.3. The first kappa shape index (κ1) is 25.9. The summed E-state index contributed by atoms with van der Waals surface area (Å²) in [6.07, 6.45) is 1.25. The second kappa shape index (κ2) is 10.7. The molecule has 6 rings (SSSR count). The van der Waals surface area contributed by atoms with Gasteiger partial charge in [-0.3, -0.25) is 4.79 Å². The average molecular weight is 563 g/mol. The Morgan fingerprint density at radius 3 is 2.27 bits per heavy atom. The number of carbonyl (C=O) groups is 2. The van der Waals surface area contributed by atoms with Crippen LogP contribution < -0.4 is 5.32 Å². The number of rotatable bonds is 5. The standard InChI is InChI=1S/C29H25ClF2N6O2/c30-24-2-1-3-25-23(24)16-37(29(40)33-25)22-12-14-36(15-13-22)26(39)17-38-28(19-6-10-21(32)11-7-19)34-27(35-38)18-4-8-20(31)9-5-18/h1-11,22H,12-17H2,(H,33,40). The van der Waals surface area contributed by atoms with Crippen molar-refractivity contribution in [1.29, 1.82) is 0 Å². The van der Waals surface area contributed by atoms with E-state index < -0.39 is 0 Å². The minimum atomic E-state index is -0.388. The van der Waals surface area contributed by atoms with Crippen LogP contribution in [0, 0.1) is 11.6 Å². The van der Waals surface area contributed by atoms with E-state index in [2.05, 4.69) is 15.4 Å². The fourth-order valence-electron chi connectivity index (χ4n) is 5.20. The Labute approximate surface area is 234 Å². The Balaban J connectivity index is 1.17. The largest absolute Gasteiger partial charge is 0.341 e. The van der Waals surface area contributed by atoms with Crippen LogP contribution in [0.1, 0.15) is 18.4 Å². The summed E-state index contributed by atoms with van der Waals surface area (Å²) < 4.78 is 28.5. The number of hydrogen-bond donors (Lipinski definition) is 1. The molecule has 0 unspecified atom stereocenters. The molecule has 0 aliphatic carbocycles. The highest BCUT2D eigenvalue weighted by Crippen LogP contribution is 2.32. The zero-order chi connectivity index (χ0) is 27.8. The van der Waals surface area contributed by atoms with Crippen LogP contribution in [-0.4, -0.2) is 55.6 Å². The number of nitrogens with one attached hydrogen (secondary N) is 1. The number of amides is 3. The minimum Gasteiger partial charge on any atom is -0.341 e. The van der Waals surface area contributed by atoms with E-state index in [1.807, 2.05) is 12.1 Å². The van der Waals surface area contributed by atoms with Crippen LogP contribution in [0.3, 0.4) is 0 Å². The number of halogens is 3. The van der Waals surface area contributed by atoms with Gasteiger partial charge in [0.25, 0.3) is 0 Å². The van der Waals surface area contributed by atoms with Crippen LogP contribution in [0.15, 0.2) is 66.7 Å². The van der Waals surface area contributed by atoms with Crippen molar-refractivity contribution >= 4 is 29.2 Å². The fourth-order valence-corrected chi connectivity index (χ4v) is 5.44. The molecule has 0 atom stereocenters. The molecule has 3 aromatic carbocycles. The molecule has 8 nitrogen and oxygen atoms in total. The summed E-state index contributed by atoms with van der Waals surface area (Å²) in [5, 5.41) is 8.07. The number of piperidine rings is 1. The molecule has 0 bridgehead atoms. The SMILES string of the molecule is O=C(Cn1nc(-c2ccc(F)cc2)nc1-c1ccc(F)cc1)N1CCC(N2Cc3c(Cl)cccc3NC2=O)CC1. The Bertz CT molecular complexity index is 1570. The van der Waals surface area contributed by atoms with Gasteiger partial charge in [0.2, 0.25) is 5.91 Å². The van der Waals surface area contributed by atoms with Gasteiger partial charge < -0.3 is 15.1 Å². The molecular formula is C29H25ClF2N6O2. The topological polar surface area (TPSA) is 83.4 Å². The average Bonchev–Trinajstić information content (AvgIpc) is 3.37. The number of benzene rings is 3. The van der Waals surface area contributed by atoms with E-state index in [1.54, 1.807) is 40.1 Å². The van der Waals surface area contributed by atoms with Crippen molar-refractivity contribution in [3.05, 3.63) is 89.0 Å². The van der Waals surface area contributed by atoms with Crippen LogP contribution in [-0.2, 0) is 17.9 Å². The zero-order valence-electron chi connectivity index (χ0n) is 21.4. The quantitative estimate of drug-likeness (QED) is 0.344. The van der Waals surface area contributed by atoms with E-state index >= 15 is 0 Å². The molecule has 0 spiro atoms. The third-order valence-electron chi connectivity index (χ3n) is 7.37.